The molecular weight excluding hydrogens is 414 g/mol. The van der Waals surface area contributed by atoms with E-state index in [1.165, 1.54) is 0 Å². The summed E-state index contributed by atoms with van der Waals surface area (Å²) in [6.07, 6.45) is -1.08. The van der Waals surface area contributed by atoms with Crippen LogP contribution in [0.25, 0.3) is 0 Å². The van der Waals surface area contributed by atoms with Gasteiger partial charge in [-0.2, -0.15) is 0 Å². The molecule has 1 atom stereocenters. The summed E-state index contributed by atoms with van der Waals surface area (Å²) in [5.74, 6) is 0.642. The largest absolute Gasteiger partial charge is 0.444 e. The maximum atomic E-state index is 12.1. The highest BCUT2D eigenvalue weighted by Gasteiger charge is 2.20. The van der Waals surface area contributed by atoms with Crippen LogP contribution in [0.4, 0.5) is 16.2 Å². The van der Waals surface area contributed by atoms with E-state index in [0.29, 0.717) is 28.5 Å². The fraction of sp³-hybridized carbons (Fsp3) is 0.167. The van der Waals surface area contributed by atoms with Crippen molar-refractivity contribution in [3.63, 3.8) is 0 Å². The van der Waals surface area contributed by atoms with Crippen molar-refractivity contribution in [3.8, 4) is 0 Å². The number of aryl methyl sites for hydroxylation is 1. The number of nitrogens with one attached hydrogen (secondary N) is 2. The maximum absolute atomic E-state index is 12.1. The van der Waals surface area contributed by atoms with Gasteiger partial charge in [0.2, 0.25) is 0 Å². The standard InChI is InChI=1S/C24H22ClN3O3/c1-15-7-8-17(11-20(15)25)12-22-27-21-10-9-18(13-19(21)23(29)28-22)26-24(30)31-14-16-5-3-2-4-6-16/h2-11,13,23,29H,12,14H2,1H3,(H,26,30)(H,27,28). The average molecular weight is 436 g/mol. The first-order chi connectivity index (χ1) is 15.0. The van der Waals surface area contributed by atoms with Crippen LogP contribution >= 0.6 is 11.6 Å². The van der Waals surface area contributed by atoms with Crippen molar-refractivity contribution >= 4 is 34.9 Å². The van der Waals surface area contributed by atoms with Crippen molar-refractivity contribution in [2.45, 2.75) is 26.2 Å². The average Bonchev–Trinajstić information content (AvgIpc) is 2.76. The number of nitrogens with zero attached hydrogens (tertiary/aromatic N) is 1. The number of amidine groups is 1. The Morgan fingerprint density at radius 2 is 1.94 bits per heavy atom. The summed E-state index contributed by atoms with van der Waals surface area (Å²) >= 11 is 6.20. The van der Waals surface area contributed by atoms with Gasteiger partial charge in [0, 0.05) is 28.4 Å². The van der Waals surface area contributed by atoms with E-state index in [1.807, 2.05) is 55.5 Å². The number of halogens is 1. The SMILES string of the molecule is Cc1ccc(CC2=NC(O)c3cc(NC(=O)OCc4ccccc4)ccc3N2)cc1Cl. The highest BCUT2D eigenvalue weighted by atomic mass is 35.5. The lowest BCUT2D eigenvalue weighted by molar-refractivity contribution is 0.155. The van der Waals surface area contributed by atoms with Crippen molar-refractivity contribution in [1.82, 2.24) is 0 Å². The number of carbonyl (C=O) groups excluding carboxylic acids is 1. The second kappa shape index (κ2) is 9.20. The monoisotopic (exact) mass is 435 g/mol. The number of ether oxygens (including phenoxy) is 1. The van der Waals surface area contributed by atoms with Crippen LogP contribution in [0, 0.1) is 6.92 Å². The van der Waals surface area contributed by atoms with Crippen LogP contribution in [0.15, 0.2) is 71.7 Å². The van der Waals surface area contributed by atoms with Gasteiger partial charge in [-0.15, -0.1) is 0 Å². The van der Waals surface area contributed by atoms with Gasteiger partial charge in [0.1, 0.15) is 12.4 Å². The topological polar surface area (TPSA) is 83.0 Å². The number of rotatable bonds is 5. The lowest BCUT2D eigenvalue weighted by Gasteiger charge is -2.23. The molecule has 6 nitrogen and oxygen atoms in total. The molecule has 0 spiro atoms. The van der Waals surface area contributed by atoms with Crippen molar-refractivity contribution in [2.75, 3.05) is 10.6 Å². The van der Waals surface area contributed by atoms with E-state index in [9.17, 15) is 9.90 Å². The highest BCUT2D eigenvalue weighted by Crippen LogP contribution is 2.31. The number of hydrogen-bond acceptors (Lipinski definition) is 5. The van der Waals surface area contributed by atoms with Crippen LogP contribution in [-0.4, -0.2) is 17.0 Å². The minimum atomic E-state index is -1.03. The second-order valence-electron chi connectivity index (χ2n) is 7.32. The molecule has 1 amide bonds. The number of aliphatic imine (C=N–C) groups is 1. The summed E-state index contributed by atoms with van der Waals surface area (Å²) in [5, 5.41) is 17.1. The van der Waals surface area contributed by atoms with E-state index in [1.54, 1.807) is 18.2 Å². The van der Waals surface area contributed by atoms with Crippen LogP contribution in [0.2, 0.25) is 5.02 Å². The number of hydrogen-bond donors (Lipinski definition) is 3. The molecule has 0 fully saturated rings. The Kier molecular flexibility index (Phi) is 6.21. The Balaban J connectivity index is 1.40. The lowest BCUT2D eigenvalue weighted by atomic mass is 10.1. The minimum absolute atomic E-state index is 0.179. The molecule has 1 heterocycles. The van der Waals surface area contributed by atoms with Crippen molar-refractivity contribution in [2.24, 2.45) is 4.99 Å². The molecule has 1 unspecified atom stereocenters. The van der Waals surface area contributed by atoms with Gasteiger partial charge in [0.25, 0.3) is 0 Å². The first-order valence-corrected chi connectivity index (χ1v) is 10.2. The Morgan fingerprint density at radius 1 is 1.13 bits per heavy atom. The first-order valence-electron chi connectivity index (χ1n) is 9.86. The summed E-state index contributed by atoms with van der Waals surface area (Å²) in [6.45, 7) is 2.13. The zero-order valence-electron chi connectivity index (χ0n) is 16.9. The van der Waals surface area contributed by atoms with Gasteiger partial charge >= 0.3 is 6.09 Å². The van der Waals surface area contributed by atoms with E-state index in [4.69, 9.17) is 16.3 Å². The number of carbonyl (C=O) groups is 1. The molecule has 0 saturated heterocycles. The van der Waals surface area contributed by atoms with Crippen molar-refractivity contribution in [3.05, 3.63) is 94.0 Å². The van der Waals surface area contributed by atoms with Crippen LogP contribution in [0.1, 0.15) is 28.5 Å². The summed E-state index contributed by atoms with van der Waals surface area (Å²) in [6, 6.07) is 20.5. The zero-order valence-corrected chi connectivity index (χ0v) is 17.7. The van der Waals surface area contributed by atoms with Crippen LogP contribution in [0.3, 0.4) is 0 Å². The van der Waals surface area contributed by atoms with E-state index < -0.39 is 12.3 Å². The summed E-state index contributed by atoms with van der Waals surface area (Å²) in [4.78, 5) is 16.4. The third kappa shape index (κ3) is 5.23. The summed E-state index contributed by atoms with van der Waals surface area (Å²) in [7, 11) is 0. The Hall–Kier alpha value is -3.35. The van der Waals surface area contributed by atoms with Gasteiger partial charge in [0.15, 0.2) is 6.23 Å². The van der Waals surface area contributed by atoms with Crippen molar-refractivity contribution < 1.29 is 14.6 Å². The smallest absolute Gasteiger partial charge is 0.411 e. The third-order valence-electron chi connectivity index (χ3n) is 4.95. The molecular formula is C24H22ClN3O3. The Labute approximate surface area is 185 Å². The van der Waals surface area contributed by atoms with E-state index in [0.717, 1.165) is 22.4 Å². The number of benzene rings is 3. The predicted octanol–water partition coefficient (Wildman–Crippen LogP) is 5.45. The minimum Gasteiger partial charge on any atom is -0.444 e. The Morgan fingerprint density at radius 3 is 2.71 bits per heavy atom. The van der Waals surface area contributed by atoms with Gasteiger partial charge in [-0.1, -0.05) is 54.1 Å². The molecule has 3 aromatic carbocycles. The van der Waals surface area contributed by atoms with Gasteiger partial charge in [0.05, 0.1) is 0 Å². The van der Waals surface area contributed by atoms with E-state index in [-0.39, 0.29) is 6.61 Å². The summed E-state index contributed by atoms with van der Waals surface area (Å²) in [5.41, 5.74) is 4.74. The van der Waals surface area contributed by atoms with Crippen LogP contribution in [0.5, 0.6) is 0 Å². The fourth-order valence-corrected chi connectivity index (χ4v) is 3.48. The maximum Gasteiger partial charge on any atom is 0.411 e. The number of aliphatic hydroxyl groups is 1. The highest BCUT2D eigenvalue weighted by molar-refractivity contribution is 6.31. The van der Waals surface area contributed by atoms with Gasteiger partial charge in [-0.25, -0.2) is 9.79 Å². The third-order valence-corrected chi connectivity index (χ3v) is 5.36. The molecule has 31 heavy (non-hydrogen) atoms. The molecule has 3 aromatic rings. The number of anilines is 2. The molecule has 0 bridgehead atoms. The molecule has 7 heteroatoms. The molecule has 0 saturated carbocycles. The number of amides is 1. The van der Waals surface area contributed by atoms with Gasteiger partial charge in [-0.05, 0) is 47.9 Å². The number of fused-ring (bicyclic) bond motifs is 1. The Bertz CT molecular complexity index is 1130. The van der Waals surface area contributed by atoms with E-state index in [2.05, 4.69) is 15.6 Å². The predicted molar refractivity (Wildman–Crippen MR) is 123 cm³/mol. The van der Waals surface area contributed by atoms with E-state index >= 15 is 0 Å². The van der Waals surface area contributed by atoms with Crippen LogP contribution in [-0.2, 0) is 17.8 Å². The molecule has 4 rings (SSSR count). The normalized spacial score (nSPS) is 14.8. The molecule has 158 valence electrons. The lowest BCUT2D eigenvalue weighted by Crippen LogP contribution is -2.23. The molecule has 0 aliphatic carbocycles. The molecule has 3 N–H and O–H groups in total. The molecule has 1 aliphatic heterocycles. The fourth-order valence-electron chi connectivity index (χ4n) is 3.28. The molecule has 1 aliphatic rings. The summed E-state index contributed by atoms with van der Waals surface area (Å²) < 4.78 is 5.24. The molecule has 0 aromatic heterocycles. The molecule has 0 radical (unpaired) electrons. The van der Waals surface area contributed by atoms with Crippen molar-refractivity contribution in [1.29, 1.82) is 0 Å². The first kappa shape index (κ1) is 20.9. The van der Waals surface area contributed by atoms with Crippen LogP contribution < -0.4 is 10.6 Å². The van der Waals surface area contributed by atoms with Gasteiger partial charge in [-0.3, -0.25) is 5.32 Å². The second-order valence-corrected chi connectivity index (χ2v) is 7.73. The number of aliphatic hydroxyl groups excluding tert-OH is 1. The zero-order chi connectivity index (χ0) is 21.8. The quantitative estimate of drug-likeness (QED) is 0.497. The van der Waals surface area contributed by atoms with Gasteiger partial charge < -0.3 is 15.2 Å².